The lowest BCUT2D eigenvalue weighted by Crippen LogP contribution is -2.33. The van der Waals surface area contributed by atoms with Crippen LogP contribution in [0.15, 0.2) is 30.3 Å². The number of nitrogens with one attached hydrogen (secondary N) is 2. The van der Waals surface area contributed by atoms with Gasteiger partial charge in [-0.2, -0.15) is 5.10 Å². The fraction of sp³-hybridized carbons (Fsp3) is 0.444. The lowest BCUT2D eigenvalue weighted by atomic mass is 10.1. The summed E-state index contributed by atoms with van der Waals surface area (Å²) in [4.78, 5) is 12.0. The molecule has 0 aliphatic carbocycles. The van der Waals surface area contributed by atoms with Crippen LogP contribution in [0.3, 0.4) is 0 Å². The maximum atomic E-state index is 12.0. The molecule has 0 aliphatic rings. The number of carbonyl (C=O) groups excluding carboxylic acids is 1. The molecule has 0 aliphatic heterocycles. The molecule has 0 radical (unpaired) electrons. The minimum atomic E-state index is 0.112. The molecule has 0 spiro atoms. The lowest BCUT2D eigenvalue weighted by molar-refractivity contribution is -0.121. The lowest BCUT2D eigenvalue weighted by Gasteiger charge is -2.14. The van der Waals surface area contributed by atoms with Crippen LogP contribution in [-0.2, 0) is 17.6 Å². The third-order valence-corrected chi connectivity index (χ3v) is 4.00. The number of nitrogens with zero attached hydrogens (tertiary/aromatic N) is 1. The summed E-state index contributed by atoms with van der Waals surface area (Å²) in [6.45, 7) is 6.03. The zero-order valence-electron chi connectivity index (χ0n) is 13.6. The van der Waals surface area contributed by atoms with Crippen molar-refractivity contribution >= 4 is 5.91 Å². The summed E-state index contributed by atoms with van der Waals surface area (Å²) in [6.07, 6.45) is 3.20. The molecular weight excluding hydrogens is 274 g/mol. The Hall–Kier alpha value is -2.10. The summed E-state index contributed by atoms with van der Waals surface area (Å²) < 4.78 is 0. The van der Waals surface area contributed by atoms with E-state index in [-0.39, 0.29) is 11.9 Å². The standard InChI is InChI=1S/C18H25N3O/c1-13(9-10-16-7-5-4-6-8-16)19-18(22)12-11-17-14(2)20-21-15(17)3/h4-8,13H,9-12H2,1-3H3,(H,19,22)(H,20,21)/t13-/m0/s1. The van der Waals surface area contributed by atoms with E-state index in [0.29, 0.717) is 6.42 Å². The van der Waals surface area contributed by atoms with E-state index < -0.39 is 0 Å². The number of amides is 1. The highest BCUT2D eigenvalue weighted by Crippen LogP contribution is 2.12. The molecule has 1 aromatic carbocycles. The Bertz CT molecular complexity index is 585. The summed E-state index contributed by atoms with van der Waals surface area (Å²) in [5.74, 6) is 0.112. The maximum Gasteiger partial charge on any atom is 0.220 e. The van der Waals surface area contributed by atoms with Crippen LogP contribution in [0.2, 0.25) is 0 Å². The van der Waals surface area contributed by atoms with Gasteiger partial charge in [0.05, 0.1) is 5.69 Å². The molecule has 0 saturated heterocycles. The predicted molar refractivity (Wildman–Crippen MR) is 88.8 cm³/mol. The molecule has 2 aromatic rings. The van der Waals surface area contributed by atoms with Crippen LogP contribution >= 0.6 is 0 Å². The first-order chi connectivity index (χ1) is 10.6. The van der Waals surface area contributed by atoms with Gasteiger partial charge in [-0.25, -0.2) is 0 Å². The van der Waals surface area contributed by atoms with Gasteiger partial charge in [0, 0.05) is 18.2 Å². The maximum absolute atomic E-state index is 12.0. The number of hydrogen-bond donors (Lipinski definition) is 2. The number of aromatic nitrogens is 2. The van der Waals surface area contributed by atoms with Crippen LogP contribution in [0.25, 0.3) is 0 Å². The highest BCUT2D eigenvalue weighted by molar-refractivity contribution is 5.76. The van der Waals surface area contributed by atoms with E-state index in [2.05, 4.69) is 34.6 Å². The SMILES string of the molecule is Cc1n[nH]c(C)c1CCC(=O)N[C@@H](C)CCc1ccccc1. The summed E-state index contributed by atoms with van der Waals surface area (Å²) >= 11 is 0. The summed E-state index contributed by atoms with van der Waals surface area (Å²) in [6, 6.07) is 10.6. The molecular formula is C18H25N3O. The number of rotatable bonds is 7. The Balaban J connectivity index is 1.72. The number of aryl methyl sites for hydroxylation is 3. The Labute approximate surface area is 132 Å². The van der Waals surface area contributed by atoms with Gasteiger partial charge >= 0.3 is 0 Å². The summed E-state index contributed by atoms with van der Waals surface area (Å²) in [7, 11) is 0. The first kappa shape index (κ1) is 16.3. The molecule has 0 saturated carbocycles. The van der Waals surface area contributed by atoms with Gasteiger partial charge in [-0.15, -0.1) is 0 Å². The zero-order valence-corrected chi connectivity index (χ0v) is 13.6. The van der Waals surface area contributed by atoms with Crippen LogP contribution < -0.4 is 5.32 Å². The van der Waals surface area contributed by atoms with Crippen LogP contribution in [0, 0.1) is 13.8 Å². The second-order valence-electron chi connectivity index (χ2n) is 5.91. The third kappa shape index (κ3) is 4.72. The second-order valence-corrected chi connectivity index (χ2v) is 5.91. The number of aromatic amines is 1. The molecule has 4 heteroatoms. The van der Waals surface area contributed by atoms with Gasteiger partial charge in [-0.1, -0.05) is 30.3 Å². The van der Waals surface area contributed by atoms with Gasteiger partial charge < -0.3 is 5.32 Å². The molecule has 4 nitrogen and oxygen atoms in total. The third-order valence-electron chi connectivity index (χ3n) is 4.00. The topological polar surface area (TPSA) is 57.8 Å². The minimum Gasteiger partial charge on any atom is -0.354 e. The van der Waals surface area contributed by atoms with E-state index in [9.17, 15) is 4.79 Å². The normalized spacial score (nSPS) is 12.1. The summed E-state index contributed by atoms with van der Waals surface area (Å²) in [5.41, 5.74) is 4.52. The molecule has 22 heavy (non-hydrogen) atoms. The van der Waals surface area contributed by atoms with Crippen molar-refractivity contribution in [2.45, 2.75) is 52.5 Å². The smallest absolute Gasteiger partial charge is 0.220 e. The van der Waals surface area contributed by atoms with Gasteiger partial charge in [-0.05, 0) is 51.2 Å². The zero-order chi connectivity index (χ0) is 15.9. The van der Waals surface area contributed by atoms with Crippen LogP contribution in [0.4, 0.5) is 0 Å². The van der Waals surface area contributed by atoms with E-state index in [4.69, 9.17) is 0 Å². The van der Waals surface area contributed by atoms with Gasteiger partial charge in [-0.3, -0.25) is 9.89 Å². The molecule has 1 heterocycles. The van der Waals surface area contributed by atoms with Crippen molar-refractivity contribution in [2.24, 2.45) is 0 Å². The van der Waals surface area contributed by atoms with E-state index in [1.807, 2.05) is 32.0 Å². The van der Waals surface area contributed by atoms with Crippen LogP contribution in [0.1, 0.15) is 42.3 Å². The van der Waals surface area contributed by atoms with Crippen molar-refractivity contribution in [1.29, 1.82) is 0 Å². The molecule has 0 bridgehead atoms. The molecule has 1 aromatic heterocycles. The quantitative estimate of drug-likeness (QED) is 0.825. The second kappa shape index (κ2) is 7.78. The van der Waals surface area contributed by atoms with Crippen molar-refractivity contribution in [3.8, 4) is 0 Å². The Morgan fingerprint density at radius 3 is 2.59 bits per heavy atom. The average molecular weight is 299 g/mol. The van der Waals surface area contributed by atoms with E-state index >= 15 is 0 Å². The Morgan fingerprint density at radius 2 is 1.95 bits per heavy atom. The average Bonchev–Trinajstić information content (AvgIpc) is 2.83. The monoisotopic (exact) mass is 299 g/mol. The van der Waals surface area contributed by atoms with Gasteiger partial charge in [0.25, 0.3) is 0 Å². The Morgan fingerprint density at radius 1 is 1.23 bits per heavy atom. The summed E-state index contributed by atoms with van der Waals surface area (Å²) in [5, 5.41) is 10.2. The number of carbonyl (C=O) groups is 1. The minimum absolute atomic E-state index is 0.112. The largest absolute Gasteiger partial charge is 0.354 e. The first-order valence-corrected chi connectivity index (χ1v) is 7.90. The van der Waals surface area contributed by atoms with Crippen molar-refractivity contribution in [3.05, 3.63) is 52.8 Å². The van der Waals surface area contributed by atoms with Gasteiger partial charge in [0.2, 0.25) is 5.91 Å². The van der Waals surface area contributed by atoms with Crippen molar-refractivity contribution in [3.63, 3.8) is 0 Å². The number of benzene rings is 1. The number of H-pyrrole nitrogens is 1. The van der Waals surface area contributed by atoms with E-state index in [1.54, 1.807) is 0 Å². The molecule has 118 valence electrons. The number of hydrogen-bond acceptors (Lipinski definition) is 2. The van der Waals surface area contributed by atoms with E-state index in [0.717, 1.165) is 36.2 Å². The molecule has 0 unspecified atom stereocenters. The van der Waals surface area contributed by atoms with E-state index in [1.165, 1.54) is 5.56 Å². The van der Waals surface area contributed by atoms with Crippen molar-refractivity contribution < 1.29 is 4.79 Å². The Kier molecular flexibility index (Phi) is 5.75. The molecule has 2 N–H and O–H groups in total. The van der Waals surface area contributed by atoms with Crippen LogP contribution in [-0.4, -0.2) is 22.1 Å². The molecule has 2 rings (SSSR count). The predicted octanol–water partition coefficient (Wildman–Crippen LogP) is 3.10. The highest BCUT2D eigenvalue weighted by Gasteiger charge is 2.11. The fourth-order valence-corrected chi connectivity index (χ4v) is 2.63. The van der Waals surface area contributed by atoms with Crippen LogP contribution in [0.5, 0.6) is 0 Å². The molecule has 1 amide bonds. The molecule has 1 atom stereocenters. The first-order valence-electron chi connectivity index (χ1n) is 7.90. The molecule has 0 fully saturated rings. The van der Waals surface area contributed by atoms with Gasteiger partial charge in [0.15, 0.2) is 0 Å². The van der Waals surface area contributed by atoms with Gasteiger partial charge in [0.1, 0.15) is 0 Å². The van der Waals surface area contributed by atoms with Crippen molar-refractivity contribution in [1.82, 2.24) is 15.5 Å². The fourth-order valence-electron chi connectivity index (χ4n) is 2.63. The van der Waals surface area contributed by atoms with Crippen molar-refractivity contribution in [2.75, 3.05) is 0 Å². The highest BCUT2D eigenvalue weighted by atomic mass is 16.1.